The van der Waals surface area contributed by atoms with Crippen LogP contribution in [0, 0.1) is 0 Å². The summed E-state index contributed by atoms with van der Waals surface area (Å²) in [5.74, 6) is -0.0584. The van der Waals surface area contributed by atoms with E-state index < -0.39 is 0 Å². The topological polar surface area (TPSA) is 34.5 Å². The van der Waals surface area contributed by atoms with E-state index in [0.717, 1.165) is 29.8 Å². The fourth-order valence-corrected chi connectivity index (χ4v) is 4.12. The summed E-state index contributed by atoms with van der Waals surface area (Å²) in [5.41, 5.74) is 3.76. The van der Waals surface area contributed by atoms with Crippen molar-refractivity contribution in [1.29, 1.82) is 0 Å². The number of carbonyl (C=O) groups is 1. The molecule has 0 N–H and O–H groups in total. The first-order valence-electron chi connectivity index (χ1n) is 10.1. The van der Waals surface area contributed by atoms with Crippen LogP contribution in [-0.4, -0.2) is 48.2 Å². The number of ether oxygens (including phenoxy) is 1. The number of fused-ring (bicyclic) bond motifs is 1. The number of methoxy groups -OCH3 is 1. The molecule has 0 amide bonds. The van der Waals surface area contributed by atoms with Crippen molar-refractivity contribution in [3.63, 3.8) is 0 Å². The number of benzene rings is 2. The van der Waals surface area contributed by atoms with Crippen LogP contribution in [0.2, 0.25) is 0 Å². The number of hydrogen-bond acceptors (Lipinski definition) is 3. The summed E-state index contributed by atoms with van der Waals surface area (Å²) in [6, 6.07) is 16.0. The third-order valence-corrected chi connectivity index (χ3v) is 5.86. The first-order chi connectivity index (χ1) is 13.6. The summed E-state index contributed by atoms with van der Waals surface area (Å²) in [6.07, 6.45) is 7.52. The minimum absolute atomic E-state index is 0.0584. The van der Waals surface area contributed by atoms with Crippen molar-refractivity contribution in [2.75, 3.05) is 26.8 Å². The van der Waals surface area contributed by atoms with Gasteiger partial charge in [-0.25, -0.2) is 0 Å². The Kier molecular flexibility index (Phi) is 5.60. The van der Waals surface area contributed by atoms with Crippen LogP contribution in [0.25, 0.3) is 21.9 Å². The van der Waals surface area contributed by atoms with E-state index in [2.05, 4.69) is 54.3 Å². The fraction of sp³-hybridized carbons (Fsp3) is 0.375. The average Bonchev–Trinajstić information content (AvgIpc) is 3.32. The molecule has 0 spiro atoms. The second-order valence-corrected chi connectivity index (χ2v) is 7.81. The first kappa shape index (κ1) is 18.9. The monoisotopic (exact) mass is 376 g/mol. The summed E-state index contributed by atoms with van der Waals surface area (Å²) in [4.78, 5) is 14.6. The van der Waals surface area contributed by atoms with Crippen molar-refractivity contribution < 1.29 is 9.53 Å². The Bertz CT molecular complexity index is 958. The predicted octanol–water partition coefficient (Wildman–Crippen LogP) is 4.62. The van der Waals surface area contributed by atoms with E-state index in [9.17, 15) is 4.79 Å². The Morgan fingerprint density at radius 1 is 1.07 bits per heavy atom. The van der Waals surface area contributed by atoms with E-state index in [1.807, 2.05) is 12.4 Å². The highest BCUT2D eigenvalue weighted by molar-refractivity contribution is 5.92. The molecule has 1 aliphatic rings. The van der Waals surface area contributed by atoms with Crippen molar-refractivity contribution in [3.8, 4) is 11.1 Å². The van der Waals surface area contributed by atoms with Crippen LogP contribution in [0.4, 0.5) is 0 Å². The summed E-state index contributed by atoms with van der Waals surface area (Å²) < 4.78 is 6.55. The summed E-state index contributed by atoms with van der Waals surface area (Å²) in [7, 11) is 1.54. The largest absolute Gasteiger partial charge is 0.375 e. The Morgan fingerprint density at radius 3 is 2.54 bits per heavy atom. The van der Waals surface area contributed by atoms with E-state index >= 15 is 0 Å². The minimum Gasteiger partial charge on any atom is -0.375 e. The molecule has 4 rings (SSSR count). The molecule has 4 heteroatoms. The number of aromatic nitrogens is 1. The highest BCUT2D eigenvalue weighted by Crippen LogP contribution is 2.26. The van der Waals surface area contributed by atoms with Crippen molar-refractivity contribution in [3.05, 3.63) is 60.4 Å². The van der Waals surface area contributed by atoms with Gasteiger partial charge >= 0.3 is 0 Å². The SMILES string of the molecule is COCC(=O)n1cc2ccc(-c3ccc(CCN4CCC[C@H]4C)cc3)cc2c1. The van der Waals surface area contributed by atoms with Crippen LogP contribution in [0.3, 0.4) is 0 Å². The molecule has 0 radical (unpaired) electrons. The molecule has 0 unspecified atom stereocenters. The number of likely N-dealkylation sites (tertiary alicyclic amines) is 1. The van der Waals surface area contributed by atoms with Gasteiger partial charge in [0.2, 0.25) is 0 Å². The van der Waals surface area contributed by atoms with Crippen LogP contribution in [0.15, 0.2) is 54.9 Å². The first-order valence-corrected chi connectivity index (χ1v) is 10.1. The zero-order valence-corrected chi connectivity index (χ0v) is 16.7. The Hall–Kier alpha value is -2.43. The Morgan fingerprint density at radius 2 is 1.82 bits per heavy atom. The van der Waals surface area contributed by atoms with E-state index in [-0.39, 0.29) is 12.5 Å². The molecule has 2 aromatic carbocycles. The van der Waals surface area contributed by atoms with Gasteiger partial charge in [-0.3, -0.25) is 9.36 Å². The number of nitrogens with zero attached hydrogens (tertiary/aromatic N) is 2. The third kappa shape index (κ3) is 4.03. The third-order valence-electron chi connectivity index (χ3n) is 5.86. The van der Waals surface area contributed by atoms with E-state index in [1.54, 1.807) is 4.57 Å². The molecule has 1 atom stereocenters. The Labute approximate surface area is 166 Å². The van der Waals surface area contributed by atoms with E-state index in [4.69, 9.17) is 4.74 Å². The molecule has 3 aromatic rings. The zero-order valence-electron chi connectivity index (χ0n) is 16.7. The van der Waals surface area contributed by atoms with Crippen molar-refractivity contribution in [1.82, 2.24) is 9.47 Å². The van der Waals surface area contributed by atoms with Crippen LogP contribution in [0.5, 0.6) is 0 Å². The van der Waals surface area contributed by atoms with Gasteiger partial charge in [0.05, 0.1) is 0 Å². The second kappa shape index (κ2) is 8.29. The number of hydrogen-bond donors (Lipinski definition) is 0. The molecule has 1 saturated heterocycles. The highest BCUT2D eigenvalue weighted by Gasteiger charge is 2.19. The standard InChI is InChI=1S/C24H28N2O2/c1-18-4-3-12-25(18)13-11-19-5-7-20(8-6-19)21-9-10-22-15-26(16-23(22)14-21)24(27)17-28-2/h5-10,14-16,18H,3-4,11-13,17H2,1-2H3/t18-/m1/s1. The van der Waals surface area contributed by atoms with Gasteiger partial charge in [0.15, 0.2) is 0 Å². The lowest BCUT2D eigenvalue weighted by Crippen LogP contribution is -2.28. The molecule has 0 aliphatic carbocycles. The van der Waals surface area contributed by atoms with Gasteiger partial charge in [0, 0.05) is 37.5 Å². The molecule has 28 heavy (non-hydrogen) atoms. The lowest BCUT2D eigenvalue weighted by Gasteiger charge is -2.20. The van der Waals surface area contributed by atoms with Crippen molar-refractivity contribution in [2.45, 2.75) is 32.2 Å². The maximum Gasteiger partial charge on any atom is 0.256 e. The molecular formula is C24H28N2O2. The molecule has 0 bridgehead atoms. The van der Waals surface area contributed by atoms with E-state index in [0.29, 0.717) is 0 Å². The quantitative estimate of drug-likeness (QED) is 0.629. The molecule has 2 heterocycles. The Balaban J connectivity index is 1.47. The minimum atomic E-state index is -0.0584. The van der Waals surface area contributed by atoms with Crippen LogP contribution in [0.1, 0.15) is 30.1 Å². The number of rotatable bonds is 6. The fourth-order valence-electron chi connectivity index (χ4n) is 4.12. The molecule has 146 valence electrons. The lowest BCUT2D eigenvalue weighted by molar-refractivity contribution is 0.0762. The summed E-state index contributed by atoms with van der Waals surface area (Å²) in [6.45, 7) is 4.81. The summed E-state index contributed by atoms with van der Waals surface area (Å²) >= 11 is 0. The van der Waals surface area contributed by atoms with Crippen LogP contribution in [-0.2, 0) is 11.2 Å². The zero-order chi connectivity index (χ0) is 19.5. The molecule has 1 fully saturated rings. The highest BCUT2D eigenvalue weighted by atomic mass is 16.5. The van der Waals surface area contributed by atoms with Gasteiger partial charge < -0.3 is 9.64 Å². The predicted molar refractivity (Wildman–Crippen MR) is 114 cm³/mol. The van der Waals surface area contributed by atoms with Gasteiger partial charge in [-0.05, 0) is 60.9 Å². The molecule has 1 aliphatic heterocycles. The smallest absolute Gasteiger partial charge is 0.256 e. The van der Waals surface area contributed by atoms with Crippen LogP contribution >= 0.6 is 0 Å². The summed E-state index contributed by atoms with van der Waals surface area (Å²) in [5, 5.41) is 2.12. The second-order valence-electron chi connectivity index (χ2n) is 7.81. The molecular weight excluding hydrogens is 348 g/mol. The van der Waals surface area contributed by atoms with E-state index in [1.165, 1.54) is 43.2 Å². The lowest BCUT2D eigenvalue weighted by atomic mass is 10.0. The van der Waals surface area contributed by atoms with Gasteiger partial charge in [0.25, 0.3) is 5.91 Å². The normalized spacial score (nSPS) is 17.4. The van der Waals surface area contributed by atoms with Gasteiger partial charge in [0.1, 0.15) is 6.61 Å². The van der Waals surface area contributed by atoms with Gasteiger partial charge in [-0.2, -0.15) is 0 Å². The average molecular weight is 377 g/mol. The molecule has 4 nitrogen and oxygen atoms in total. The van der Waals surface area contributed by atoms with Crippen molar-refractivity contribution in [2.24, 2.45) is 0 Å². The van der Waals surface area contributed by atoms with Crippen molar-refractivity contribution >= 4 is 16.7 Å². The van der Waals surface area contributed by atoms with Gasteiger partial charge in [-0.15, -0.1) is 0 Å². The number of carbonyl (C=O) groups excluding carboxylic acids is 1. The maximum atomic E-state index is 12.0. The molecule has 1 aromatic heterocycles. The maximum absolute atomic E-state index is 12.0. The van der Waals surface area contributed by atoms with Crippen LogP contribution < -0.4 is 0 Å². The molecule has 0 saturated carbocycles. The van der Waals surface area contributed by atoms with Gasteiger partial charge in [-0.1, -0.05) is 36.4 Å².